The van der Waals surface area contributed by atoms with E-state index < -0.39 is 16.5 Å². The van der Waals surface area contributed by atoms with Gasteiger partial charge in [0.2, 0.25) is 5.91 Å². The highest BCUT2D eigenvalue weighted by atomic mass is 16.6. The third-order valence-electron chi connectivity index (χ3n) is 2.93. The number of aromatic nitrogens is 1. The second-order valence-corrected chi connectivity index (χ2v) is 4.73. The summed E-state index contributed by atoms with van der Waals surface area (Å²) in [5, 5.41) is 16.1. The first-order valence-electron chi connectivity index (χ1n) is 6.45. The maximum Gasteiger partial charge on any atom is 0.300 e. The predicted molar refractivity (Wildman–Crippen MR) is 73.4 cm³/mol. The number of nitro groups is 1. The third kappa shape index (κ3) is 4.13. The number of hydrogen-bond acceptors (Lipinski definition) is 6. The van der Waals surface area contributed by atoms with Gasteiger partial charge in [0.1, 0.15) is 17.6 Å². The molecule has 2 amide bonds. The number of carbonyl (C=O) groups is 2. The summed E-state index contributed by atoms with van der Waals surface area (Å²) >= 11 is 0. The van der Waals surface area contributed by atoms with E-state index in [1.807, 2.05) is 0 Å². The number of hydrogen-bond donors (Lipinski definition) is 3. The number of rotatable bonds is 6. The fourth-order valence-electron chi connectivity index (χ4n) is 1.70. The molecule has 2 rings (SSSR count). The van der Waals surface area contributed by atoms with Crippen LogP contribution in [0.25, 0.3) is 0 Å². The van der Waals surface area contributed by atoms with E-state index in [-0.39, 0.29) is 36.3 Å². The van der Waals surface area contributed by atoms with Crippen molar-refractivity contribution in [2.75, 3.05) is 12.3 Å². The van der Waals surface area contributed by atoms with Gasteiger partial charge in [-0.1, -0.05) is 0 Å². The summed E-state index contributed by atoms with van der Waals surface area (Å²) in [5.74, 6) is -0.797. The van der Waals surface area contributed by atoms with E-state index in [0.717, 1.165) is 25.1 Å². The highest BCUT2D eigenvalue weighted by Gasteiger charge is 2.24. The number of anilines is 1. The zero-order chi connectivity index (χ0) is 15.4. The Labute approximate surface area is 120 Å². The Morgan fingerprint density at radius 1 is 1.48 bits per heavy atom. The molecule has 0 unspecified atom stereocenters. The van der Waals surface area contributed by atoms with Crippen molar-refractivity contribution >= 4 is 23.3 Å². The molecule has 1 aromatic rings. The normalized spacial score (nSPS) is 13.5. The van der Waals surface area contributed by atoms with E-state index in [1.54, 1.807) is 0 Å². The summed E-state index contributed by atoms with van der Waals surface area (Å²) in [7, 11) is 0. The Balaban J connectivity index is 1.91. The molecule has 0 bridgehead atoms. The average Bonchev–Trinajstić information content (AvgIpc) is 3.21. The van der Waals surface area contributed by atoms with Gasteiger partial charge in [0.15, 0.2) is 0 Å². The average molecular weight is 293 g/mol. The Kier molecular flexibility index (Phi) is 4.31. The van der Waals surface area contributed by atoms with E-state index in [4.69, 9.17) is 5.73 Å². The molecule has 0 atom stereocenters. The molecule has 1 aliphatic carbocycles. The topological polar surface area (TPSA) is 140 Å². The quantitative estimate of drug-likeness (QED) is 0.497. The minimum absolute atomic E-state index is 0.0113. The van der Waals surface area contributed by atoms with Crippen molar-refractivity contribution in [3.8, 4) is 0 Å². The van der Waals surface area contributed by atoms with Gasteiger partial charge in [-0.15, -0.1) is 0 Å². The number of amides is 2. The molecule has 0 radical (unpaired) electrons. The molecule has 9 nitrogen and oxygen atoms in total. The number of nitrogens with zero attached hydrogens (tertiary/aromatic N) is 2. The minimum Gasteiger partial charge on any atom is -0.384 e. The maximum absolute atomic E-state index is 11.9. The van der Waals surface area contributed by atoms with Crippen LogP contribution in [0.4, 0.5) is 11.5 Å². The van der Waals surface area contributed by atoms with Crippen LogP contribution in [0, 0.1) is 10.1 Å². The minimum atomic E-state index is -0.707. The van der Waals surface area contributed by atoms with Crippen molar-refractivity contribution in [3.05, 3.63) is 27.9 Å². The summed E-state index contributed by atoms with van der Waals surface area (Å²) in [6, 6.07) is 1.40. The second-order valence-electron chi connectivity index (χ2n) is 4.73. The molecule has 9 heteroatoms. The Bertz CT molecular complexity index is 585. The lowest BCUT2D eigenvalue weighted by Crippen LogP contribution is -2.32. The highest BCUT2D eigenvalue weighted by molar-refractivity contribution is 5.98. The van der Waals surface area contributed by atoms with Crippen LogP contribution in [0.15, 0.2) is 12.3 Å². The van der Waals surface area contributed by atoms with Crippen molar-refractivity contribution in [1.82, 2.24) is 15.6 Å². The molecule has 0 saturated heterocycles. The molecule has 0 aliphatic heterocycles. The first-order chi connectivity index (χ1) is 9.97. The van der Waals surface area contributed by atoms with Crippen LogP contribution >= 0.6 is 0 Å². The molecule has 1 saturated carbocycles. The fraction of sp³-hybridized carbons (Fsp3) is 0.417. The van der Waals surface area contributed by atoms with Gasteiger partial charge in [0.25, 0.3) is 11.6 Å². The molecule has 21 heavy (non-hydrogen) atoms. The van der Waals surface area contributed by atoms with Gasteiger partial charge in [0.05, 0.1) is 4.92 Å². The summed E-state index contributed by atoms with van der Waals surface area (Å²) in [4.78, 5) is 37.1. The van der Waals surface area contributed by atoms with Crippen molar-refractivity contribution in [1.29, 1.82) is 0 Å². The first kappa shape index (κ1) is 14.7. The largest absolute Gasteiger partial charge is 0.384 e. The zero-order valence-corrected chi connectivity index (χ0v) is 11.2. The third-order valence-corrected chi connectivity index (χ3v) is 2.93. The first-order valence-corrected chi connectivity index (χ1v) is 6.45. The summed E-state index contributed by atoms with van der Waals surface area (Å²) in [6.07, 6.45) is 3.03. The fourth-order valence-corrected chi connectivity index (χ4v) is 1.70. The van der Waals surface area contributed by atoms with Gasteiger partial charge in [-0.05, 0) is 18.9 Å². The lowest BCUT2D eigenvalue weighted by Gasteiger charge is -2.06. The lowest BCUT2D eigenvalue weighted by molar-refractivity contribution is -0.385. The van der Waals surface area contributed by atoms with Crippen LogP contribution in [0.1, 0.15) is 29.6 Å². The summed E-state index contributed by atoms with van der Waals surface area (Å²) in [5.41, 5.74) is 4.83. The van der Waals surface area contributed by atoms with E-state index in [1.165, 1.54) is 0 Å². The Morgan fingerprint density at radius 3 is 2.81 bits per heavy atom. The number of carbonyl (C=O) groups excluding carboxylic acids is 2. The van der Waals surface area contributed by atoms with Gasteiger partial charge >= 0.3 is 0 Å². The van der Waals surface area contributed by atoms with Crippen molar-refractivity contribution < 1.29 is 14.5 Å². The molecule has 1 aromatic heterocycles. The number of nitrogen functional groups attached to an aromatic ring is 1. The molecule has 0 spiro atoms. The number of pyridine rings is 1. The summed E-state index contributed by atoms with van der Waals surface area (Å²) in [6.45, 7) is 0.0940. The lowest BCUT2D eigenvalue weighted by atomic mass is 10.2. The molecular formula is C12H15N5O4. The van der Waals surface area contributed by atoms with Crippen LogP contribution in [-0.2, 0) is 4.79 Å². The van der Waals surface area contributed by atoms with Gasteiger partial charge < -0.3 is 16.4 Å². The van der Waals surface area contributed by atoms with Crippen molar-refractivity contribution in [2.45, 2.75) is 25.3 Å². The van der Waals surface area contributed by atoms with E-state index in [2.05, 4.69) is 15.6 Å². The smallest absolute Gasteiger partial charge is 0.300 e. The van der Waals surface area contributed by atoms with Gasteiger partial charge in [-0.25, -0.2) is 4.98 Å². The van der Waals surface area contributed by atoms with Gasteiger partial charge in [-0.2, -0.15) is 0 Å². The second kappa shape index (κ2) is 6.16. The molecular weight excluding hydrogens is 278 g/mol. The Morgan fingerprint density at radius 2 is 2.19 bits per heavy atom. The molecule has 4 N–H and O–H groups in total. The van der Waals surface area contributed by atoms with Gasteiger partial charge in [-0.3, -0.25) is 19.7 Å². The van der Waals surface area contributed by atoms with Crippen LogP contribution < -0.4 is 16.4 Å². The van der Waals surface area contributed by atoms with Crippen LogP contribution in [0.5, 0.6) is 0 Å². The SMILES string of the molecule is Nc1cc(C(=O)NCCC(=O)NC2CC2)c([N+](=O)[O-])cn1. The molecule has 1 heterocycles. The molecule has 1 fully saturated rings. The maximum atomic E-state index is 11.9. The van der Waals surface area contributed by atoms with Crippen molar-refractivity contribution in [3.63, 3.8) is 0 Å². The van der Waals surface area contributed by atoms with Gasteiger partial charge in [0, 0.05) is 19.0 Å². The zero-order valence-electron chi connectivity index (χ0n) is 11.2. The summed E-state index contributed by atoms with van der Waals surface area (Å²) < 4.78 is 0. The predicted octanol–water partition coefficient (Wildman–Crippen LogP) is -0.0295. The number of nitrogens with two attached hydrogens (primary N) is 1. The van der Waals surface area contributed by atoms with Crippen molar-refractivity contribution in [2.24, 2.45) is 0 Å². The van der Waals surface area contributed by atoms with Crippen LogP contribution in [0.3, 0.4) is 0 Å². The van der Waals surface area contributed by atoms with E-state index in [0.29, 0.717) is 0 Å². The van der Waals surface area contributed by atoms with E-state index >= 15 is 0 Å². The standard InChI is InChI=1S/C12H15N5O4/c13-10-5-8(9(6-15-10)17(20)21)12(19)14-4-3-11(18)16-7-1-2-7/h5-7H,1-4H2,(H2,13,15)(H,14,19)(H,16,18). The Hall–Kier alpha value is -2.71. The highest BCUT2D eigenvalue weighted by Crippen LogP contribution is 2.19. The van der Waals surface area contributed by atoms with Crippen LogP contribution in [-0.4, -0.2) is 34.3 Å². The monoisotopic (exact) mass is 293 g/mol. The number of nitrogens with one attached hydrogen (secondary N) is 2. The molecule has 112 valence electrons. The molecule has 1 aliphatic rings. The van der Waals surface area contributed by atoms with Crippen LogP contribution in [0.2, 0.25) is 0 Å². The van der Waals surface area contributed by atoms with E-state index in [9.17, 15) is 19.7 Å². The molecule has 0 aromatic carbocycles.